The Bertz CT molecular complexity index is 870. The summed E-state index contributed by atoms with van der Waals surface area (Å²) in [5.74, 6) is 0. The SMILES string of the molecule is c1ccc(-c2ccc([C@@]34OCCO[C@@H]3c3ccccc34)cc2)cc1. The third-order valence-electron chi connectivity index (χ3n) is 5.13. The first-order valence-corrected chi connectivity index (χ1v) is 8.40. The van der Waals surface area contributed by atoms with E-state index in [4.69, 9.17) is 9.47 Å². The quantitative estimate of drug-likeness (QED) is 0.682. The fourth-order valence-electron chi connectivity index (χ4n) is 4.01. The van der Waals surface area contributed by atoms with Crippen molar-refractivity contribution >= 4 is 0 Å². The Kier molecular flexibility index (Phi) is 3.09. The minimum Gasteiger partial charge on any atom is -0.367 e. The molecule has 0 saturated carbocycles. The van der Waals surface area contributed by atoms with Crippen molar-refractivity contribution in [2.45, 2.75) is 11.7 Å². The topological polar surface area (TPSA) is 18.5 Å². The molecule has 1 heterocycles. The van der Waals surface area contributed by atoms with Crippen molar-refractivity contribution in [1.82, 2.24) is 0 Å². The summed E-state index contributed by atoms with van der Waals surface area (Å²) < 4.78 is 12.3. The summed E-state index contributed by atoms with van der Waals surface area (Å²) in [5, 5.41) is 0. The highest BCUT2D eigenvalue weighted by atomic mass is 16.6. The smallest absolute Gasteiger partial charge is 0.149 e. The minimum atomic E-state index is -0.440. The zero-order valence-corrected chi connectivity index (χ0v) is 13.3. The van der Waals surface area contributed by atoms with Gasteiger partial charge in [-0.15, -0.1) is 0 Å². The summed E-state index contributed by atoms with van der Waals surface area (Å²) in [6.45, 7) is 1.29. The molecule has 0 aromatic heterocycles. The second-order valence-corrected chi connectivity index (χ2v) is 6.37. The maximum Gasteiger partial charge on any atom is 0.149 e. The van der Waals surface area contributed by atoms with Gasteiger partial charge in [0, 0.05) is 0 Å². The zero-order chi connectivity index (χ0) is 16.0. The lowest BCUT2D eigenvalue weighted by molar-refractivity contribution is -0.213. The third-order valence-corrected chi connectivity index (χ3v) is 5.13. The van der Waals surface area contributed by atoms with Crippen LogP contribution in [0.25, 0.3) is 11.1 Å². The Morgan fingerprint density at radius 1 is 0.708 bits per heavy atom. The molecule has 2 atom stereocenters. The van der Waals surface area contributed by atoms with Crippen LogP contribution in [0, 0.1) is 0 Å². The summed E-state index contributed by atoms with van der Waals surface area (Å²) >= 11 is 0. The van der Waals surface area contributed by atoms with Gasteiger partial charge in [0.1, 0.15) is 11.7 Å². The van der Waals surface area contributed by atoms with Crippen LogP contribution >= 0.6 is 0 Å². The van der Waals surface area contributed by atoms with Crippen molar-refractivity contribution in [2.75, 3.05) is 13.2 Å². The van der Waals surface area contributed by atoms with Gasteiger partial charge in [-0.05, 0) is 27.8 Å². The molecule has 1 fully saturated rings. The van der Waals surface area contributed by atoms with Crippen molar-refractivity contribution < 1.29 is 9.47 Å². The van der Waals surface area contributed by atoms with Crippen LogP contribution < -0.4 is 0 Å². The number of fused-ring (bicyclic) bond motifs is 4. The molecule has 1 aliphatic carbocycles. The fraction of sp³-hybridized carbons (Fsp3) is 0.182. The lowest BCUT2D eigenvalue weighted by Gasteiger charge is -2.53. The van der Waals surface area contributed by atoms with Gasteiger partial charge < -0.3 is 9.47 Å². The third kappa shape index (κ3) is 1.84. The molecule has 2 nitrogen and oxygen atoms in total. The van der Waals surface area contributed by atoms with Crippen LogP contribution in [0.2, 0.25) is 0 Å². The maximum absolute atomic E-state index is 6.30. The molecular formula is C22H18O2. The van der Waals surface area contributed by atoms with E-state index in [2.05, 4.69) is 72.8 Å². The Hall–Kier alpha value is -2.42. The molecule has 1 aliphatic heterocycles. The van der Waals surface area contributed by atoms with E-state index in [1.807, 2.05) is 6.07 Å². The Labute approximate surface area is 141 Å². The first-order chi connectivity index (χ1) is 11.9. The zero-order valence-electron chi connectivity index (χ0n) is 13.3. The minimum absolute atomic E-state index is 0.00465. The van der Waals surface area contributed by atoms with E-state index in [0.717, 1.165) is 0 Å². The van der Waals surface area contributed by atoms with Crippen LogP contribution in [0.3, 0.4) is 0 Å². The molecule has 0 spiro atoms. The van der Waals surface area contributed by atoms with E-state index >= 15 is 0 Å². The second-order valence-electron chi connectivity index (χ2n) is 6.37. The van der Waals surface area contributed by atoms with Crippen LogP contribution in [0.4, 0.5) is 0 Å². The number of benzene rings is 3. The van der Waals surface area contributed by atoms with Crippen LogP contribution in [0.5, 0.6) is 0 Å². The van der Waals surface area contributed by atoms with E-state index < -0.39 is 5.60 Å². The van der Waals surface area contributed by atoms with Gasteiger partial charge in [-0.1, -0.05) is 78.9 Å². The highest BCUT2D eigenvalue weighted by Gasteiger charge is 2.56. The largest absolute Gasteiger partial charge is 0.367 e. The van der Waals surface area contributed by atoms with Gasteiger partial charge in [0.05, 0.1) is 13.2 Å². The lowest BCUT2D eigenvalue weighted by atomic mass is 9.66. The number of hydrogen-bond donors (Lipinski definition) is 0. The number of ether oxygens (including phenoxy) is 2. The van der Waals surface area contributed by atoms with Crippen molar-refractivity contribution in [3.8, 4) is 11.1 Å². The Balaban J connectivity index is 1.58. The molecule has 118 valence electrons. The molecule has 5 rings (SSSR count). The standard InChI is InChI=1S/C22H18O2/c1-2-6-16(7-3-1)17-10-12-18(13-11-17)22-20-9-5-4-8-19(20)21(22)23-14-15-24-22/h1-13,21H,14-15H2/t21-,22+/m1/s1. The van der Waals surface area contributed by atoms with Crippen LogP contribution in [0.15, 0.2) is 78.9 Å². The Morgan fingerprint density at radius 2 is 1.42 bits per heavy atom. The molecule has 0 N–H and O–H groups in total. The number of hydrogen-bond acceptors (Lipinski definition) is 2. The average Bonchev–Trinajstić information content (AvgIpc) is 2.67. The van der Waals surface area contributed by atoms with Crippen molar-refractivity contribution in [3.05, 3.63) is 95.6 Å². The van der Waals surface area contributed by atoms with Crippen LogP contribution in [0.1, 0.15) is 22.8 Å². The first kappa shape index (κ1) is 14.0. The molecule has 0 unspecified atom stereocenters. The molecule has 0 amide bonds. The first-order valence-electron chi connectivity index (χ1n) is 8.40. The van der Waals surface area contributed by atoms with E-state index in [1.54, 1.807) is 0 Å². The predicted octanol–water partition coefficient (Wildman–Crippen LogP) is 4.70. The molecule has 2 heteroatoms. The monoisotopic (exact) mass is 314 g/mol. The fourth-order valence-corrected chi connectivity index (χ4v) is 4.01. The molecule has 0 radical (unpaired) electrons. The molecule has 3 aromatic carbocycles. The summed E-state index contributed by atoms with van der Waals surface area (Å²) in [4.78, 5) is 0. The number of rotatable bonds is 2. The van der Waals surface area contributed by atoms with Gasteiger partial charge in [-0.25, -0.2) is 0 Å². The molecule has 1 saturated heterocycles. The van der Waals surface area contributed by atoms with Crippen LogP contribution in [-0.2, 0) is 15.1 Å². The molecule has 2 aliphatic rings. The molecular weight excluding hydrogens is 296 g/mol. The lowest BCUT2D eigenvalue weighted by Crippen LogP contribution is -2.51. The summed E-state index contributed by atoms with van der Waals surface area (Å²) in [6.07, 6.45) is 0.00465. The van der Waals surface area contributed by atoms with Gasteiger partial charge >= 0.3 is 0 Å². The highest BCUT2D eigenvalue weighted by Crippen LogP contribution is 2.58. The second kappa shape index (κ2) is 5.30. The average molecular weight is 314 g/mol. The van der Waals surface area contributed by atoms with Gasteiger partial charge in [-0.2, -0.15) is 0 Å². The van der Waals surface area contributed by atoms with Gasteiger partial charge in [0.15, 0.2) is 0 Å². The predicted molar refractivity (Wildman–Crippen MR) is 93.7 cm³/mol. The summed E-state index contributed by atoms with van der Waals surface area (Å²) in [5.41, 5.74) is 5.67. The molecule has 24 heavy (non-hydrogen) atoms. The van der Waals surface area contributed by atoms with Gasteiger partial charge in [0.25, 0.3) is 0 Å². The van der Waals surface area contributed by atoms with Gasteiger partial charge in [0.2, 0.25) is 0 Å². The maximum atomic E-state index is 6.30. The normalized spacial score (nSPS) is 24.6. The summed E-state index contributed by atoms with van der Waals surface area (Å²) in [6, 6.07) is 27.6. The van der Waals surface area contributed by atoms with E-state index in [-0.39, 0.29) is 6.10 Å². The van der Waals surface area contributed by atoms with E-state index in [9.17, 15) is 0 Å². The van der Waals surface area contributed by atoms with E-state index in [0.29, 0.717) is 13.2 Å². The van der Waals surface area contributed by atoms with Gasteiger partial charge in [-0.3, -0.25) is 0 Å². The Morgan fingerprint density at radius 3 is 2.25 bits per heavy atom. The van der Waals surface area contributed by atoms with Crippen LogP contribution in [-0.4, -0.2) is 13.2 Å². The van der Waals surface area contributed by atoms with E-state index in [1.165, 1.54) is 27.8 Å². The summed E-state index contributed by atoms with van der Waals surface area (Å²) in [7, 11) is 0. The highest BCUT2D eigenvalue weighted by molar-refractivity contribution is 5.65. The molecule has 0 bridgehead atoms. The van der Waals surface area contributed by atoms with Crippen molar-refractivity contribution in [1.29, 1.82) is 0 Å². The van der Waals surface area contributed by atoms with Crippen molar-refractivity contribution in [2.24, 2.45) is 0 Å². The molecule has 3 aromatic rings. The van der Waals surface area contributed by atoms with Crippen molar-refractivity contribution in [3.63, 3.8) is 0 Å².